The first kappa shape index (κ1) is 23.0. The number of rotatable bonds is 7. The van der Waals surface area contributed by atoms with Crippen LogP contribution in [-0.4, -0.2) is 81.2 Å². The SMILES string of the molecule is CCN1CCCC1CNC(=NCc1nnc(C)n1C)NC1CCN(C(=O)C2CCCC2)C1. The minimum absolute atomic E-state index is 0.235. The number of hydrogen-bond donors (Lipinski definition) is 2. The zero-order valence-corrected chi connectivity index (χ0v) is 20.0. The largest absolute Gasteiger partial charge is 0.355 e. The first-order chi connectivity index (χ1) is 15.5. The van der Waals surface area contributed by atoms with Gasteiger partial charge in [-0.25, -0.2) is 4.99 Å². The molecule has 0 bridgehead atoms. The summed E-state index contributed by atoms with van der Waals surface area (Å²) in [7, 11) is 1.97. The molecule has 1 aromatic heterocycles. The van der Waals surface area contributed by atoms with E-state index in [1.807, 2.05) is 18.5 Å². The van der Waals surface area contributed by atoms with Crippen LogP contribution >= 0.6 is 0 Å². The molecular formula is C23H40N8O. The van der Waals surface area contributed by atoms with E-state index in [9.17, 15) is 4.79 Å². The fourth-order valence-electron chi connectivity index (χ4n) is 5.35. The van der Waals surface area contributed by atoms with Crippen molar-refractivity contribution in [3.63, 3.8) is 0 Å². The van der Waals surface area contributed by atoms with E-state index in [4.69, 9.17) is 4.99 Å². The number of carbonyl (C=O) groups excluding carboxylic acids is 1. The molecule has 1 aliphatic carbocycles. The smallest absolute Gasteiger partial charge is 0.225 e. The molecule has 32 heavy (non-hydrogen) atoms. The van der Waals surface area contributed by atoms with Gasteiger partial charge in [-0.15, -0.1) is 10.2 Å². The number of likely N-dealkylation sites (N-methyl/N-ethyl adjacent to an activating group) is 1. The number of guanidine groups is 1. The normalized spacial score (nSPS) is 25.1. The number of carbonyl (C=O) groups is 1. The molecule has 2 saturated heterocycles. The maximum absolute atomic E-state index is 12.8. The summed E-state index contributed by atoms with van der Waals surface area (Å²) in [5.74, 6) is 3.16. The number of nitrogens with one attached hydrogen (secondary N) is 2. The molecule has 2 atom stereocenters. The molecule has 3 fully saturated rings. The summed E-state index contributed by atoms with van der Waals surface area (Å²) >= 11 is 0. The first-order valence-electron chi connectivity index (χ1n) is 12.5. The van der Waals surface area contributed by atoms with E-state index in [2.05, 4.69) is 37.6 Å². The molecule has 4 rings (SSSR count). The van der Waals surface area contributed by atoms with E-state index in [1.165, 1.54) is 32.2 Å². The van der Waals surface area contributed by atoms with Gasteiger partial charge in [0.05, 0.1) is 0 Å². The molecule has 2 unspecified atom stereocenters. The lowest BCUT2D eigenvalue weighted by atomic mass is 10.1. The van der Waals surface area contributed by atoms with Gasteiger partial charge in [-0.1, -0.05) is 19.8 Å². The molecule has 0 aromatic carbocycles. The lowest BCUT2D eigenvalue weighted by Gasteiger charge is -2.25. The van der Waals surface area contributed by atoms with Crippen LogP contribution in [0.4, 0.5) is 0 Å². The Morgan fingerprint density at radius 1 is 1.12 bits per heavy atom. The zero-order chi connectivity index (χ0) is 22.5. The molecule has 0 radical (unpaired) electrons. The first-order valence-corrected chi connectivity index (χ1v) is 12.5. The van der Waals surface area contributed by atoms with Crippen molar-refractivity contribution in [1.82, 2.24) is 35.2 Å². The minimum Gasteiger partial charge on any atom is -0.355 e. The molecule has 0 spiro atoms. The summed E-state index contributed by atoms with van der Waals surface area (Å²) in [6.45, 7) is 9.43. The Morgan fingerprint density at radius 3 is 2.66 bits per heavy atom. The van der Waals surface area contributed by atoms with Crippen molar-refractivity contribution in [2.45, 2.75) is 77.4 Å². The molecule has 1 saturated carbocycles. The number of hydrogen-bond acceptors (Lipinski definition) is 5. The van der Waals surface area contributed by atoms with Crippen LogP contribution in [0.3, 0.4) is 0 Å². The number of nitrogens with zero attached hydrogens (tertiary/aromatic N) is 6. The Hall–Kier alpha value is -2.16. The predicted octanol–water partition coefficient (Wildman–Crippen LogP) is 1.43. The van der Waals surface area contributed by atoms with E-state index in [0.717, 1.165) is 63.0 Å². The van der Waals surface area contributed by atoms with Gasteiger partial charge >= 0.3 is 0 Å². The highest BCUT2D eigenvalue weighted by atomic mass is 16.2. The van der Waals surface area contributed by atoms with Crippen molar-refractivity contribution in [3.8, 4) is 0 Å². The number of aromatic nitrogens is 3. The summed E-state index contributed by atoms with van der Waals surface area (Å²) in [5.41, 5.74) is 0. The van der Waals surface area contributed by atoms with Gasteiger partial charge in [-0.3, -0.25) is 9.69 Å². The van der Waals surface area contributed by atoms with Crippen molar-refractivity contribution in [2.75, 3.05) is 32.7 Å². The summed E-state index contributed by atoms with van der Waals surface area (Å²) in [6.07, 6.45) is 7.98. The Kier molecular flexibility index (Phi) is 7.65. The summed E-state index contributed by atoms with van der Waals surface area (Å²) in [6, 6.07) is 0.784. The second-order valence-electron chi connectivity index (χ2n) is 9.59. The van der Waals surface area contributed by atoms with Crippen LogP contribution in [0.1, 0.15) is 63.5 Å². The van der Waals surface area contributed by atoms with Crippen molar-refractivity contribution < 1.29 is 4.79 Å². The summed E-state index contributed by atoms with van der Waals surface area (Å²) in [5, 5.41) is 15.6. The number of aliphatic imine (C=N–C) groups is 1. The van der Waals surface area contributed by atoms with Crippen molar-refractivity contribution >= 4 is 11.9 Å². The van der Waals surface area contributed by atoms with Gasteiger partial charge < -0.3 is 20.1 Å². The van der Waals surface area contributed by atoms with Crippen LogP contribution in [0, 0.1) is 12.8 Å². The maximum Gasteiger partial charge on any atom is 0.225 e. The molecule has 9 heteroatoms. The van der Waals surface area contributed by atoms with Crippen LogP contribution in [0.5, 0.6) is 0 Å². The Balaban J connectivity index is 1.37. The van der Waals surface area contributed by atoms with Gasteiger partial charge in [0.25, 0.3) is 0 Å². The molecule has 1 amide bonds. The minimum atomic E-state index is 0.235. The second-order valence-corrected chi connectivity index (χ2v) is 9.59. The lowest BCUT2D eigenvalue weighted by molar-refractivity contribution is -0.134. The van der Waals surface area contributed by atoms with Crippen molar-refractivity contribution in [2.24, 2.45) is 18.0 Å². The molecule has 1 aromatic rings. The third-order valence-corrected chi connectivity index (χ3v) is 7.52. The fraction of sp³-hybridized carbons (Fsp3) is 0.826. The van der Waals surface area contributed by atoms with Gasteiger partial charge in [0.15, 0.2) is 11.8 Å². The standard InChI is InChI=1S/C23H40N8O/c1-4-30-12-7-10-20(30)14-24-23(25-15-21-28-27-17(2)29(21)3)26-19-11-13-31(16-19)22(32)18-8-5-6-9-18/h18-20H,4-16H2,1-3H3,(H2,24,25,26). The van der Waals surface area contributed by atoms with Crippen LogP contribution < -0.4 is 10.6 Å². The van der Waals surface area contributed by atoms with E-state index >= 15 is 0 Å². The number of aryl methyl sites for hydroxylation is 1. The topological polar surface area (TPSA) is 90.7 Å². The Bertz CT molecular complexity index is 800. The Morgan fingerprint density at radius 2 is 1.94 bits per heavy atom. The molecule has 178 valence electrons. The average molecular weight is 445 g/mol. The second kappa shape index (κ2) is 10.6. The highest BCUT2D eigenvalue weighted by Crippen LogP contribution is 2.27. The van der Waals surface area contributed by atoms with Crippen LogP contribution in [0.25, 0.3) is 0 Å². The molecule has 3 aliphatic rings. The van der Waals surface area contributed by atoms with Gasteiger partial charge in [0.2, 0.25) is 5.91 Å². The van der Waals surface area contributed by atoms with E-state index in [-0.39, 0.29) is 12.0 Å². The summed E-state index contributed by atoms with van der Waals surface area (Å²) in [4.78, 5) is 22.3. The van der Waals surface area contributed by atoms with Gasteiger partial charge in [-0.05, 0) is 52.1 Å². The van der Waals surface area contributed by atoms with Gasteiger partial charge in [0.1, 0.15) is 12.4 Å². The number of likely N-dealkylation sites (tertiary alicyclic amines) is 2. The van der Waals surface area contributed by atoms with Crippen molar-refractivity contribution in [1.29, 1.82) is 0 Å². The molecule has 3 heterocycles. The van der Waals surface area contributed by atoms with E-state index in [0.29, 0.717) is 18.5 Å². The van der Waals surface area contributed by atoms with Crippen LogP contribution in [-0.2, 0) is 18.4 Å². The lowest BCUT2D eigenvalue weighted by Crippen LogP contribution is -2.49. The summed E-state index contributed by atoms with van der Waals surface area (Å²) < 4.78 is 1.98. The predicted molar refractivity (Wildman–Crippen MR) is 125 cm³/mol. The van der Waals surface area contributed by atoms with Crippen molar-refractivity contribution in [3.05, 3.63) is 11.6 Å². The third kappa shape index (κ3) is 5.42. The number of amides is 1. The van der Waals surface area contributed by atoms with Gasteiger partial charge in [0, 0.05) is 44.7 Å². The monoisotopic (exact) mass is 444 g/mol. The van der Waals surface area contributed by atoms with Crippen LogP contribution in [0.15, 0.2) is 4.99 Å². The molecular weight excluding hydrogens is 404 g/mol. The van der Waals surface area contributed by atoms with Gasteiger partial charge in [-0.2, -0.15) is 0 Å². The quantitative estimate of drug-likeness (QED) is 0.489. The maximum atomic E-state index is 12.8. The zero-order valence-electron chi connectivity index (χ0n) is 20.0. The molecule has 2 aliphatic heterocycles. The average Bonchev–Trinajstić information content (AvgIpc) is 3.59. The van der Waals surface area contributed by atoms with Crippen LogP contribution in [0.2, 0.25) is 0 Å². The molecule has 9 nitrogen and oxygen atoms in total. The Labute approximate surface area is 192 Å². The fourth-order valence-corrected chi connectivity index (χ4v) is 5.35. The highest BCUT2D eigenvalue weighted by Gasteiger charge is 2.32. The van der Waals surface area contributed by atoms with E-state index < -0.39 is 0 Å². The third-order valence-electron chi connectivity index (χ3n) is 7.52. The molecule has 2 N–H and O–H groups in total. The highest BCUT2D eigenvalue weighted by molar-refractivity contribution is 5.81. The van der Waals surface area contributed by atoms with E-state index in [1.54, 1.807) is 0 Å².